The summed E-state index contributed by atoms with van der Waals surface area (Å²) in [4.78, 5) is 31.9. The number of rotatable bonds is 6. The molecule has 8 nitrogen and oxygen atoms in total. The highest BCUT2D eigenvalue weighted by Gasteiger charge is 2.66. The molecule has 4 aliphatic rings. The lowest BCUT2D eigenvalue weighted by molar-refractivity contribution is -0.137. The van der Waals surface area contributed by atoms with E-state index < -0.39 is 17.4 Å². The Morgan fingerprint density at radius 3 is 3.00 bits per heavy atom. The summed E-state index contributed by atoms with van der Waals surface area (Å²) in [6, 6.07) is 13.8. The summed E-state index contributed by atoms with van der Waals surface area (Å²) >= 11 is 0. The van der Waals surface area contributed by atoms with E-state index in [9.17, 15) is 9.59 Å². The lowest BCUT2D eigenvalue weighted by Gasteiger charge is -2.23. The average Bonchev–Trinajstić information content (AvgIpc) is 3.68. The Morgan fingerprint density at radius 1 is 1.17 bits per heavy atom. The summed E-state index contributed by atoms with van der Waals surface area (Å²) in [6.45, 7) is 1.63. The van der Waals surface area contributed by atoms with Crippen LogP contribution in [-0.2, 0) is 27.3 Å². The molecule has 2 fully saturated rings. The molecule has 7 rings (SSSR count). The second kappa shape index (κ2) is 7.61. The fourth-order valence-corrected chi connectivity index (χ4v) is 6.02. The number of amides is 2. The highest BCUT2D eigenvalue weighted by Crippen LogP contribution is 2.52. The summed E-state index contributed by atoms with van der Waals surface area (Å²) in [7, 11) is 0. The second-order valence-corrected chi connectivity index (χ2v) is 9.67. The van der Waals surface area contributed by atoms with E-state index in [4.69, 9.17) is 14.2 Å². The quantitative estimate of drug-likeness (QED) is 0.539. The Hall–Kier alpha value is -3.78. The molecule has 2 N–H and O–H groups in total. The van der Waals surface area contributed by atoms with Crippen LogP contribution in [-0.4, -0.2) is 53.3 Å². The normalized spacial score (nSPS) is 27.7. The summed E-state index contributed by atoms with van der Waals surface area (Å²) in [5, 5.41) is 4.19. The smallest absolute Gasteiger partial charge is 0.231 e. The van der Waals surface area contributed by atoms with Gasteiger partial charge < -0.3 is 29.4 Å². The van der Waals surface area contributed by atoms with Crippen molar-refractivity contribution < 1.29 is 23.8 Å². The van der Waals surface area contributed by atoms with E-state index in [1.54, 1.807) is 0 Å². The molecule has 3 aromatic rings. The molecule has 0 radical (unpaired) electrons. The molecule has 0 unspecified atom stereocenters. The Labute approximate surface area is 201 Å². The molecule has 2 aromatic carbocycles. The van der Waals surface area contributed by atoms with Crippen molar-refractivity contribution in [3.05, 3.63) is 71.9 Å². The van der Waals surface area contributed by atoms with E-state index in [1.165, 1.54) is 10.9 Å². The van der Waals surface area contributed by atoms with E-state index in [-0.39, 0.29) is 24.7 Å². The van der Waals surface area contributed by atoms with Crippen molar-refractivity contribution in [1.29, 1.82) is 0 Å². The van der Waals surface area contributed by atoms with Crippen molar-refractivity contribution in [2.45, 2.75) is 24.7 Å². The molecule has 178 valence electrons. The van der Waals surface area contributed by atoms with Crippen LogP contribution in [0.3, 0.4) is 0 Å². The van der Waals surface area contributed by atoms with Crippen LogP contribution in [0.4, 0.5) is 0 Å². The van der Waals surface area contributed by atoms with Gasteiger partial charge in [0.1, 0.15) is 5.60 Å². The van der Waals surface area contributed by atoms with Gasteiger partial charge >= 0.3 is 0 Å². The maximum Gasteiger partial charge on any atom is 0.231 e. The number of hydrogen-bond acceptors (Lipinski definition) is 5. The number of carbonyl (C=O) groups excluding carboxylic acids is 2. The minimum atomic E-state index is -0.706. The summed E-state index contributed by atoms with van der Waals surface area (Å²) in [5.74, 6) is 0.212. The number of H-pyrrole nitrogens is 1. The largest absolute Gasteiger partial charge is 0.454 e. The van der Waals surface area contributed by atoms with E-state index >= 15 is 0 Å². The molecule has 2 saturated heterocycles. The van der Waals surface area contributed by atoms with Crippen LogP contribution in [0.25, 0.3) is 10.9 Å². The Balaban J connectivity index is 1.05. The van der Waals surface area contributed by atoms with Gasteiger partial charge in [-0.3, -0.25) is 9.59 Å². The molecule has 4 aliphatic heterocycles. The Morgan fingerprint density at radius 2 is 2.06 bits per heavy atom. The molecular weight excluding hydrogens is 446 g/mol. The first-order chi connectivity index (χ1) is 17.1. The molecule has 0 saturated carbocycles. The zero-order valence-corrected chi connectivity index (χ0v) is 19.0. The number of benzene rings is 2. The first-order valence-electron chi connectivity index (χ1n) is 12.0. The SMILES string of the molecule is O=C(NCc1ccc2c(c1)OCO2)[C@H]1[C@@H]2C=C[C@@]3(CN(CCc4c[nH]c5ccccc45)C(=O)[C@H]13)O2. The number of nitrogens with one attached hydrogen (secondary N) is 2. The van der Waals surface area contributed by atoms with Gasteiger partial charge in [-0.15, -0.1) is 0 Å². The highest BCUT2D eigenvalue weighted by atomic mass is 16.7. The van der Waals surface area contributed by atoms with Crippen LogP contribution >= 0.6 is 0 Å². The number of ether oxygens (including phenoxy) is 3. The zero-order valence-electron chi connectivity index (χ0n) is 19.0. The third-order valence-electron chi connectivity index (χ3n) is 7.71. The standard InChI is InChI=1S/C27H25N3O5/c31-25(29-12-16-5-6-20-22(11-16)34-15-33-20)23-21-7-9-27(35-21)14-30(26(32)24(23)27)10-8-17-13-28-19-4-2-1-3-18(17)19/h1-7,9,11,13,21,23-24,28H,8,10,12,14-15H2,(H,29,31)/t21-,23-,24-,27-/m0/s1. The monoisotopic (exact) mass is 471 g/mol. The Bertz CT molecular complexity index is 1380. The molecule has 0 aliphatic carbocycles. The van der Waals surface area contributed by atoms with Crippen molar-refractivity contribution in [2.24, 2.45) is 11.8 Å². The first-order valence-corrected chi connectivity index (χ1v) is 12.0. The van der Waals surface area contributed by atoms with Crippen molar-refractivity contribution in [3.8, 4) is 11.5 Å². The zero-order chi connectivity index (χ0) is 23.6. The maximum absolute atomic E-state index is 13.5. The molecule has 1 spiro atoms. The number of para-hydroxylation sites is 1. The lowest BCUT2D eigenvalue weighted by Crippen LogP contribution is -2.44. The van der Waals surface area contributed by atoms with Gasteiger partial charge in [-0.25, -0.2) is 0 Å². The van der Waals surface area contributed by atoms with Crippen LogP contribution in [0, 0.1) is 11.8 Å². The van der Waals surface area contributed by atoms with E-state index in [2.05, 4.69) is 16.4 Å². The predicted molar refractivity (Wildman–Crippen MR) is 127 cm³/mol. The number of aromatic nitrogens is 1. The van der Waals surface area contributed by atoms with Gasteiger partial charge in [0.25, 0.3) is 0 Å². The summed E-state index contributed by atoms with van der Waals surface area (Å²) < 4.78 is 17.0. The number of carbonyl (C=O) groups is 2. The summed E-state index contributed by atoms with van der Waals surface area (Å²) in [6.07, 6.45) is 6.33. The first kappa shape index (κ1) is 20.6. The van der Waals surface area contributed by atoms with Gasteiger partial charge in [-0.05, 0) is 35.7 Å². The van der Waals surface area contributed by atoms with Crippen LogP contribution in [0.15, 0.2) is 60.8 Å². The number of hydrogen-bond donors (Lipinski definition) is 2. The third-order valence-corrected chi connectivity index (χ3v) is 7.71. The van der Waals surface area contributed by atoms with Crippen molar-refractivity contribution in [2.75, 3.05) is 19.9 Å². The minimum Gasteiger partial charge on any atom is -0.454 e. The molecule has 2 amide bonds. The minimum absolute atomic E-state index is 0.0000733. The summed E-state index contributed by atoms with van der Waals surface area (Å²) in [5.41, 5.74) is 2.48. The second-order valence-electron chi connectivity index (χ2n) is 9.67. The van der Waals surface area contributed by atoms with Crippen LogP contribution in [0.2, 0.25) is 0 Å². The predicted octanol–water partition coefficient (Wildman–Crippen LogP) is 2.54. The van der Waals surface area contributed by atoms with Crippen molar-refractivity contribution in [1.82, 2.24) is 15.2 Å². The van der Waals surface area contributed by atoms with Gasteiger partial charge in [-0.2, -0.15) is 0 Å². The van der Waals surface area contributed by atoms with Crippen LogP contribution < -0.4 is 14.8 Å². The van der Waals surface area contributed by atoms with Crippen LogP contribution in [0.1, 0.15) is 11.1 Å². The topological polar surface area (TPSA) is 92.9 Å². The van der Waals surface area contributed by atoms with Gasteiger partial charge in [0.2, 0.25) is 18.6 Å². The number of likely N-dealkylation sites (tertiary alicyclic amines) is 1. The molecule has 4 atom stereocenters. The highest BCUT2D eigenvalue weighted by molar-refractivity contribution is 5.93. The Kier molecular flexibility index (Phi) is 4.48. The van der Waals surface area contributed by atoms with E-state index in [1.807, 2.05) is 59.6 Å². The van der Waals surface area contributed by atoms with Crippen molar-refractivity contribution >= 4 is 22.7 Å². The van der Waals surface area contributed by atoms with Gasteiger partial charge in [0.05, 0.1) is 24.5 Å². The maximum atomic E-state index is 13.5. The molecule has 2 bridgehead atoms. The molecular formula is C27H25N3O5. The number of nitrogens with zero attached hydrogens (tertiary/aromatic N) is 1. The van der Waals surface area contributed by atoms with Gasteiger partial charge in [0, 0.05) is 30.2 Å². The fourth-order valence-electron chi connectivity index (χ4n) is 6.02. The number of fused-ring (bicyclic) bond motifs is 3. The van der Waals surface area contributed by atoms with E-state index in [0.717, 1.165) is 17.5 Å². The fraction of sp³-hybridized carbons (Fsp3) is 0.333. The van der Waals surface area contributed by atoms with E-state index in [0.29, 0.717) is 31.1 Å². The third kappa shape index (κ3) is 3.16. The van der Waals surface area contributed by atoms with Gasteiger partial charge in [-0.1, -0.05) is 36.4 Å². The van der Waals surface area contributed by atoms with Crippen molar-refractivity contribution in [3.63, 3.8) is 0 Å². The molecule has 1 aromatic heterocycles. The molecule has 35 heavy (non-hydrogen) atoms. The van der Waals surface area contributed by atoms with Gasteiger partial charge in [0.15, 0.2) is 11.5 Å². The van der Waals surface area contributed by atoms with Crippen LogP contribution in [0.5, 0.6) is 11.5 Å². The number of aromatic amines is 1. The lowest BCUT2D eigenvalue weighted by atomic mass is 9.77. The molecule has 5 heterocycles. The average molecular weight is 472 g/mol. The molecule has 8 heteroatoms.